The van der Waals surface area contributed by atoms with Crippen LogP contribution in [0.2, 0.25) is 0 Å². The van der Waals surface area contributed by atoms with E-state index in [4.69, 9.17) is 5.73 Å². The number of aromatic hydroxyl groups is 1. The molecule has 1 fully saturated rings. The molecule has 0 radical (unpaired) electrons. The zero-order chi connectivity index (χ0) is 26.7. The maximum Gasteiger partial charge on any atom is 0.255 e. The van der Waals surface area contributed by atoms with Gasteiger partial charge in [0, 0.05) is 11.5 Å². The molecule has 36 heavy (non-hydrogen) atoms. The maximum atomic E-state index is 13.8. The average molecular weight is 500 g/mol. The fourth-order valence-electron chi connectivity index (χ4n) is 6.13. The zero-order valence-electron chi connectivity index (χ0n) is 20.9. The highest BCUT2D eigenvalue weighted by molar-refractivity contribution is 6.24. The van der Waals surface area contributed by atoms with Gasteiger partial charge in [0.05, 0.1) is 11.6 Å². The minimum atomic E-state index is -2.62. The van der Waals surface area contributed by atoms with Crippen LogP contribution in [-0.2, 0) is 27.2 Å². The number of nitrogens with two attached hydrogens (primary N) is 1. The van der Waals surface area contributed by atoms with Crippen molar-refractivity contribution >= 4 is 23.2 Å². The molecule has 0 aromatic heterocycles. The van der Waals surface area contributed by atoms with Gasteiger partial charge in [-0.25, -0.2) is 0 Å². The number of benzene rings is 1. The lowest BCUT2D eigenvalue weighted by atomic mass is 9.57. The summed E-state index contributed by atoms with van der Waals surface area (Å²) in [7, 11) is 7.10. The highest BCUT2D eigenvalue weighted by Crippen LogP contribution is 2.52. The van der Waals surface area contributed by atoms with E-state index in [2.05, 4.69) is 4.90 Å². The molecular weight excluding hydrogens is 466 g/mol. The number of phenolic OH excluding ortho intramolecular Hbond substituents is 1. The highest BCUT2D eigenvalue weighted by Gasteiger charge is 2.64. The van der Waals surface area contributed by atoms with Crippen molar-refractivity contribution < 1.29 is 34.8 Å². The van der Waals surface area contributed by atoms with Gasteiger partial charge in [-0.15, -0.1) is 0 Å². The molecule has 3 aliphatic rings. The second-order valence-electron chi connectivity index (χ2n) is 10.5. The molecule has 0 heterocycles. The number of primary amides is 1. The number of nitrogens with zero attached hydrogens (tertiary/aromatic N) is 2. The Balaban J connectivity index is 1.88. The van der Waals surface area contributed by atoms with E-state index in [1.807, 2.05) is 20.2 Å². The number of aliphatic hydroxyl groups excluding tert-OH is 2. The van der Waals surface area contributed by atoms with Crippen LogP contribution in [0.3, 0.4) is 0 Å². The topological polar surface area (TPSA) is 165 Å². The molecule has 4 atom stereocenters. The standard InChI is InChI=1S/C26H33N3O7/c1-28(2)9-5-6-12-7-8-16(30)18-14(12)10-13-11-15-20(29(3)4)22(32)19(25(27)35)24(34)26(15,36)23(33)17(13)21(18)31/h7-8,13,15,20,30-31,34,36H,5-6,9-11H2,1-4H3,(H2,27,35)/t13-,15-,20-,26-/m0/s1. The molecule has 0 saturated heterocycles. The third-order valence-electron chi connectivity index (χ3n) is 7.75. The van der Waals surface area contributed by atoms with Crippen LogP contribution in [0.1, 0.15) is 29.5 Å². The first-order valence-electron chi connectivity index (χ1n) is 12.0. The summed E-state index contributed by atoms with van der Waals surface area (Å²) in [5, 5.41) is 44.3. The predicted octanol–water partition coefficient (Wildman–Crippen LogP) is 0.458. The third kappa shape index (κ3) is 3.71. The van der Waals surface area contributed by atoms with E-state index >= 15 is 0 Å². The number of aliphatic hydroxyl groups is 3. The van der Waals surface area contributed by atoms with Gasteiger partial charge >= 0.3 is 0 Å². The van der Waals surface area contributed by atoms with Gasteiger partial charge in [-0.3, -0.25) is 19.3 Å². The number of Topliss-reactive ketones (excluding diaryl/α,β-unsaturated/α-hetero) is 2. The highest BCUT2D eigenvalue weighted by atomic mass is 16.3. The van der Waals surface area contributed by atoms with E-state index in [0.29, 0.717) is 12.8 Å². The lowest BCUT2D eigenvalue weighted by Gasteiger charge is -2.50. The number of hydrogen-bond donors (Lipinski definition) is 5. The molecule has 3 aliphatic carbocycles. The number of aryl methyl sites for hydroxylation is 1. The first kappa shape index (κ1) is 25.9. The third-order valence-corrected chi connectivity index (χ3v) is 7.75. The Kier molecular flexibility index (Phi) is 6.48. The fourth-order valence-corrected chi connectivity index (χ4v) is 6.13. The van der Waals surface area contributed by atoms with Gasteiger partial charge in [-0.2, -0.15) is 0 Å². The minimum absolute atomic E-state index is 0.0819. The lowest BCUT2D eigenvalue weighted by Crippen LogP contribution is -2.65. The molecular formula is C26H33N3O7. The summed E-state index contributed by atoms with van der Waals surface area (Å²) in [5.41, 5.74) is 3.55. The van der Waals surface area contributed by atoms with Crippen LogP contribution in [0.15, 0.2) is 29.0 Å². The number of amides is 1. The molecule has 0 spiro atoms. The average Bonchev–Trinajstić information content (AvgIpc) is 2.77. The van der Waals surface area contributed by atoms with E-state index < -0.39 is 58.0 Å². The molecule has 1 aromatic rings. The SMILES string of the molecule is CN(C)CCCc1ccc(O)c2c1C[C@H]1C[C@H]3[C@H](N(C)C)C(=O)C(C(N)=O)=C(O)[C@@]3(O)C(=O)C1=C2O. The number of likely N-dealkylation sites (N-methyl/N-ethyl adjacent to an activating group) is 1. The summed E-state index contributed by atoms with van der Waals surface area (Å²) in [4.78, 5) is 42.5. The molecule has 6 N–H and O–H groups in total. The molecule has 0 bridgehead atoms. The number of phenols is 1. The van der Waals surface area contributed by atoms with E-state index in [1.54, 1.807) is 14.1 Å². The van der Waals surface area contributed by atoms with Crippen molar-refractivity contribution in [3.63, 3.8) is 0 Å². The van der Waals surface area contributed by atoms with E-state index in [0.717, 1.165) is 24.1 Å². The van der Waals surface area contributed by atoms with E-state index in [1.165, 1.54) is 11.0 Å². The van der Waals surface area contributed by atoms with Gasteiger partial charge in [0.1, 0.15) is 22.8 Å². The Morgan fingerprint density at radius 1 is 1.14 bits per heavy atom. The lowest BCUT2D eigenvalue weighted by molar-refractivity contribution is -0.153. The van der Waals surface area contributed by atoms with Gasteiger partial charge < -0.3 is 31.1 Å². The van der Waals surface area contributed by atoms with Crippen LogP contribution in [-0.4, -0.2) is 94.1 Å². The van der Waals surface area contributed by atoms with Crippen LogP contribution in [0, 0.1) is 11.8 Å². The summed E-state index contributed by atoms with van der Waals surface area (Å²) in [6.07, 6.45) is 1.93. The van der Waals surface area contributed by atoms with Crippen molar-refractivity contribution in [1.82, 2.24) is 9.80 Å². The second-order valence-corrected chi connectivity index (χ2v) is 10.5. The number of hydrogen-bond acceptors (Lipinski definition) is 9. The molecule has 1 amide bonds. The molecule has 194 valence electrons. The van der Waals surface area contributed by atoms with Gasteiger partial charge in [0.25, 0.3) is 5.91 Å². The number of carbonyl (C=O) groups excluding carboxylic acids is 3. The molecule has 10 heteroatoms. The van der Waals surface area contributed by atoms with Gasteiger partial charge in [-0.1, -0.05) is 6.07 Å². The van der Waals surface area contributed by atoms with Crippen molar-refractivity contribution in [2.24, 2.45) is 17.6 Å². The quantitative estimate of drug-likeness (QED) is 0.350. The number of carbonyl (C=O) groups is 3. The second kappa shape index (κ2) is 9.02. The molecule has 1 aromatic carbocycles. The minimum Gasteiger partial charge on any atom is -0.508 e. The summed E-state index contributed by atoms with van der Waals surface area (Å²) >= 11 is 0. The molecule has 0 aliphatic heterocycles. The Morgan fingerprint density at radius 2 is 1.81 bits per heavy atom. The van der Waals surface area contributed by atoms with Crippen molar-refractivity contribution in [1.29, 1.82) is 0 Å². The molecule has 4 rings (SSSR count). The number of rotatable bonds is 6. The zero-order valence-corrected chi connectivity index (χ0v) is 20.9. The Labute approximate surface area is 209 Å². The van der Waals surface area contributed by atoms with Crippen LogP contribution < -0.4 is 5.73 Å². The Morgan fingerprint density at radius 3 is 2.39 bits per heavy atom. The van der Waals surface area contributed by atoms with Crippen LogP contribution >= 0.6 is 0 Å². The van der Waals surface area contributed by atoms with Crippen molar-refractivity contribution in [3.05, 3.63) is 45.7 Å². The Hall–Kier alpha value is -3.21. The molecule has 0 unspecified atom stereocenters. The summed E-state index contributed by atoms with van der Waals surface area (Å²) in [6, 6.07) is 2.19. The van der Waals surface area contributed by atoms with Crippen LogP contribution in [0.25, 0.3) is 5.76 Å². The van der Waals surface area contributed by atoms with Gasteiger partial charge in [-0.05, 0) is 83.5 Å². The summed E-state index contributed by atoms with van der Waals surface area (Å²) in [5.74, 6) is -6.40. The monoisotopic (exact) mass is 499 g/mol. The van der Waals surface area contributed by atoms with Crippen LogP contribution in [0.5, 0.6) is 5.75 Å². The van der Waals surface area contributed by atoms with Crippen molar-refractivity contribution in [3.8, 4) is 5.75 Å². The fraction of sp³-hybridized carbons (Fsp3) is 0.500. The van der Waals surface area contributed by atoms with Gasteiger partial charge in [0.15, 0.2) is 11.4 Å². The van der Waals surface area contributed by atoms with Gasteiger partial charge in [0.2, 0.25) is 5.78 Å². The summed E-state index contributed by atoms with van der Waals surface area (Å²) in [6.45, 7) is 0.847. The number of ketones is 2. The van der Waals surface area contributed by atoms with Crippen molar-refractivity contribution in [2.45, 2.75) is 37.3 Å². The van der Waals surface area contributed by atoms with E-state index in [9.17, 15) is 34.8 Å². The van der Waals surface area contributed by atoms with Crippen molar-refractivity contribution in [2.75, 3.05) is 34.7 Å². The predicted molar refractivity (Wildman–Crippen MR) is 131 cm³/mol. The smallest absolute Gasteiger partial charge is 0.255 e. The maximum absolute atomic E-state index is 13.8. The Bertz CT molecular complexity index is 1220. The largest absolute Gasteiger partial charge is 0.508 e. The summed E-state index contributed by atoms with van der Waals surface area (Å²) < 4.78 is 0. The van der Waals surface area contributed by atoms with E-state index in [-0.39, 0.29) is 23.3 Å². The molecule has 10 nitrogen and oxygen atoms in total. The van der Waals surface area contributed by atoms with Crippen LogP contribution in [0.4, 0.5) is 0 Å². The molecule has 1 saturated carbocycles. The number of fused-ring (bicyclic) bond motifs is 3. The first-order chi connectivity index (χ1) is 16.8. The normalized spacial score (nSPS) is 27.9. The first-order valence-corrected chi connectivity index (χ1v) is 12.0.